The van der Waals surface area contributed by atoms with E-state index in [0.29, 0.717) is 15.4 Å². The molecule has 5 nitrogen and oxygen atoms in total. The van der Waals surface area contributed by atoms with Crippen molar-refractivity contribution in [2.45, 2.75) is 20.5 Å². The molecule has 0 unspecified atom stereocenters. The minimum atomic E-state index is -2.96. The van der Waals surface area contributed by atoms with Crippen LogP contribution in [0, 0.1) is 6.92 Å². The topological polar surface area (TPSA) is 64.6 Å². The van der Waals surface area contributed by atoms with Gasteiger partial charge in [-0.1, -0.05) is 6.07 Å². The zero-order chi connectivity index (χ0) is 17.7. The number of carbonyl (C=O) groups excluding carboxylic acids is 2. The van der Waals surface area contributed by atoms with Crippen molar-refractivity contribution >= 4 is 28.2 Å². The van der Waals surface area contributed by atoms with Gasteiger partial charge in [0.15, 0.2) is 0 Å². The molecule has 2 rings (SSSR count). The van der Waals surface area contributed by atoms with Crippen LogP contribution in [0.15, 0.2) is 30.3 Å². The fourth-order valence-electron chi connectivity index (χ4n) is 1.94. The van der Waals surface area contributed by atoms with Gasteiger partial charge >= 0.3 is 12.6 Å². The number of ether oxygens (including phenoxy) is 2. The molecule has 0 atom stereocenters. The number of esters is 1. The van der Waals surface area contributed by atoms with Gasteiger partial charge in [0.2, 0.25) is 0 Å². The highest BCUT2D eigenvalue weighted by molar-refractivity contribution is 7.18. The van der Waals surface area contributed by atoms with E-state index < -0.39 is 18.5 Å². The number of amides is 1. The van der Waals surface area contributed by atoms with Gasteiger partial charge < -0.3 is 14.8 Å². The monoisotopic (exact) mass is 355 g/mol. The molecule has 8 heteroatoms. The number of thiophene rings is 1. The van der Waals surface area contributed by atoms with Gasteiger partial charge in [0, 0.05) is 5.56 Å². The van der Waals surface area contributed by atoms with Crippen LogP contribution >= 0.6 is 11.3 Å². The predicted octanol–water partition coefficient (Wildman–Crippen LogP) is 4.09. The van der Waals surface area contributed by atoms with Gasteiger partial charge in [-0.05, 0) is 43.7 Å². The molecule has 0 bridgehead atoms. The van der Waals surface area contributed by atoms with Crippen LogP contribution in [0.2, 0.25) is 0 Å². The summed E-state index contributed by atoms with van der Waals surface area (Å²) in [7, 11) is 0. The summed E-state index contributed by atoms with van der Waals surface area (Å²) in [5.74, 6) is -1.05. The third-order valence-electron chi connectivity index (χ3n) is 2.94. The molecular formula is C16H15F2NO4S. The first-order valence-electron chi connectivity index (χ1n) is 7.04. The molecule has 0 spiro atoms. The molecule has 0 aliphatic carbocycles. The van der Waals surface area contributed by atoms with E-state index in [1.54, 1.807) is 19.9 Å². The van der Waals surface area contributed by atoms with Gasteiger partial charge in [-0.2, -0.15) is 8.78 Å². The largest absolute Gasteiger partial charge is 0.462 e. The van der Waals surface area contributed by atoms with E-state index in [2.05, 4.69) is 10.1 Å². The second-order valence-corrected chi connectivity index (χ2v) is 5.76. The molecule has 1 aromatic carbocycles. The Kier molecular flexibility index (Phi) is 5.86. The Morgan fingerprint density at radius 1 is 1.29 bits per heavy atom. The number of hydrogen-bond acceptors (Lipinski definition) is 5. The SMILES string of the molecule is CCOC(=O)c1sc(NC(=O)c2cccc(OC(F)F)c2)cc1C. The highest BCUT2D eigenvalue weighted by Crippen LogP contribution is 2.28. The van der Waals surface area contributed by atoms with E-state index in [0.717, 1.165) is 11.3 Å². The lowest BCUT2D eigenvalue weighted by atomic mass is 10.2. The van der Waals surface area contributed by atoms with E-state index in [9.17, 15) is 18.4 Å². The highest BCUT2D eigenvalue weighted by atomic mass is 32.1. The molecule has 24 heavy (non-hydrogen) atoms. The van der Waals surface area contributed by atoms with E-state index in [-0.39, 0.29) is 17.9 Å². The third kappa shape index (κ3) is 4.51. The van der Waals surface area contributed by atoms with Crippen molar-refractivity contribution in [1.29, 1.82) is 0 Å². The lowest BCUT2D eigenvalue weighted by molar-refractivity contribution is -0.0498. The van der Waals surface area contributed by atoms with E-state index in [1.165, 1.54) is 24.3 Å². The summed E-state index contributed by atoms with van der Waals surface area (Å²) in [6.45, 7) is 0.734. The van der Waals surface area contributed by atoms with Crippen molar-refractivity contribution < 1.29 is 27.8 Å². The first-order chi connectivity index (χ1) is 11.4. The average Bonchev–Trinajstić information content (AvgIpc) is 2.87. The minimum Gasteiger partial charge on any atom is -0.462 e. The molecule has 1 N–H and O–H groups in total. The van der Waals surface area contributed by atoms with Crippen LogP contribution in [0.25, 0.3) is 0 Å². The van der Waals surface area contributed by atoms with Crippen LogP contribution in [-0.2, 0) is 4.74 Å². The Hall–Kier alpha value is -2.48. The van der Waals surface area contributed by atoms with Crippen molar-refractivity contribution in [2.75, 3.05) is 11.9 Å². The van der Waals surface area contributed by atoms with Crippen LogP contribution < -0.4 is 10.1 Å². The normalized spacial score (nSPS) is 10.5. The van der Waals surface area contributed by atoms with Crippen molar-refractivity contribution in [1.82, 2.24) is 0 Å². The van der Waals surface area contributed by atoms with Crippen LogP contribution in [0.4, 0.5) is 13.8 Å². The average molecular weight is 355 g/mol. The van der Waals surface area contributed by atoms with Crippen LogP contribution in [0.3, 0.4) is 0 Å². The number of nitrogens with one attached hydrogen (secondary N) is 1. The van der Waals surface area contributed by atoms with Gasteiger partial charge in [0.25, 0.3) is 5.91 Å². The van der Waals surface area contributed by atoms with Gasteiger partial charge in [-0.15, -0.1) is 11.3 Å². The number of hydrogen-bond donors (Lipinski definition) is 1. The number of anilines is 1. The number of halogens is 2. The highest BCUT2D eigenvalue weighted by Gasteiger charge is 2.17. The number of rotatable bonds is 6. The molecular weight excluding hydrogens is 340 g/mol. The van der Waals surface area contributed by atoms with Crippen LogP contribution in [0.5, 0.6) is 5.75 Å². The standard InChI is InChI=1S/C16H15F2NO4S/c1-3-22-15(21)13-9(2)7-12(24-13)19-14(20)10-5-4-6-11(8-10)23-16(17)18/h4-8,16H,3H2,1-2H3,(H,19,20). The van der Waals surface area contributed by atoms with Crippen molar-refractivity contribution in [2.24, 2.45) is 0 Å². The van der Waals surface area contributed by atoms with Gasteiger partial charge in [-0.3, -0.25) is 4.79 Å². The maximum atomic E-state index is 12.2. The Balaban J connectivity index is 2.12. The van der Waals surface area contributed by atoms with Gasteiger partial charge in [0.1, 0.15) is 10.6 Å². The Morgan fingerprint density at radius 2 is 2.04 bits per heavy atom. The fourth-order valence-corrected chi connectivity index (χ4v) is 2.90. The molecule has 1 amide bonds. The van der Waals surface area contributed by atoms with E-state index >= 15 is 0 Å². The zero-order valence-electron chi connectivity index (χ0n) is 13.0. The summed E-state index contributed by atoms with van der Waals surface area (Å²) in [5.41, 5.74) is 0.848. The first kappa shape index (κ1) is 17.9. The van der Waals surface area contributed by atoms with Gasteiger partial charge in [-0.25, -0.2) is 4.79 Å². The molecule has 0 saturated heterocycles. The molecule has 1 heterocycles. The number of carbonyl (C=O) groups is 2. The Labute approximate surface area is 141 Å². The Bertz CT molecular complexity index is 745. The maximum absolute atomic E-state index is 12.2. The lowest BCUT2D eigenvalue weighted by Gasteiger charge is -2.06. The summed E-state index contributed by atoms with van der Waals surface area (Å²) in [6, 6.07) is 7.11. The lowest BCUT2D eigenvalue weighted by Crippen LogP contribution is -2.11. The van der Waals surface area contributed by atoms with Crippen molar-refractivity contribution in [3.63, 3.8) is 0 Å². The van der Waals surface area contributed by atoms with Crippen LogP contribution in [0.1, 0.15) is 32.5 Å². The fraction of sp³-hybridized carbons (Fsp3) is 0.250. The second kappa shape index (κ2) is 7.87. The summed E-state index contributed by atoms with van der Waals surface area (Å²) >= 11 is 1.09. The molecule has 2 aromatic rings. The number of benzene rings is 1. The third-order valence-corrected chi connectivity index (χ3v) is 4.07. The van der Waals surface area contributed by atoms with Gasteiger partial charge in [0.05, 0.1) is 11.6 Å². The predicted molar refractivity (Wildman–Crippen MR) is 86.0 cm³/mol. The molecule has 0 aliphatic heterocycles. The zero-order valence-corrected chi connectivity index (χ0v) is 13.8. The minimum absolute atomic E-state index is 0.104. The molecule has 1 aromatic heterocycles. The summed E-state index contributed by atoms with van der Waals surface area (Å²) in [5, 5.41) is 3.08. The van der Waals surface area contributed by atoms with E-state index in [1.807, 2.05) is 0 Å². The maximum Gasteiger partial charge on any atom is 0.387 e. The molecule has 128 valence electrons. The summed E-state index contributed by atoms with van der Waals surface area (Å²) in [4.78, 5) is 24.4. The molecule has 0 aliphatic rings. The quantitative estimate of drug-likeness (QED) is 0.793. The summed E-state index contributed by atoms with van der Waals surface area (Å²) in [6.07, 6.45) is 0. The summed E-state index contributed by atoms with van der Waals surface area (Å²) < 4.78 is 33.6. The number of aryl methyl sites for hydroxylation is 1. The molecule has 0 saturated carbocycles. The second-order valence-electron chi connectivity index (χ2n) is 4.70. The Morgan fingerprint density at radius 3 is 2.71 bits per heavy atom. The smallest absolute Gasteiger partial charge is 0.387 e. The number of alkyl halides is 2. The first-order valence-corrected chi connectivity index (χ1v) is 7.86. The van der Waals surface area contributed by atoms with E-state index in [4.69, 9.17) is 4.74 Å². The van der Waals surface area contributed by atoms with Crippen LogP contribution in [-0.4, -0.2) is 25.1 Å². The molecule has 0 fully saturated rings. The van der Waals surface area contributed by atoms with Crippen molar-refractivity contribution in [3.8, 4) is 5.75 Å². The van der Waals surface area contributed by atoms with Crippen molar-refractivity contribution in [3.05, 3.63) is 46.3 Å². The molecule has 0 radical (unpaired) electrons.